The van der Waals surface area contributed by atoms with Crippen LogP contribution >= 0.6 is 0 Å². The maximum absolute atomic E-state index is 12.4. The normalized spacial score (nSPS) is 23.2. The molecule has 0 radical (unpaired) electrons. The fourth-order valence-corrected chi connectivity index (χ4v) is 2.83. The Morgan fingerprint density at radius 1 is 1.38 bits per heavy atom. The number of rotatable bonds is 2. The lowest BCUT2D eigenvalue weighted by atomic mass is 9.98. The predicted octanol–water partition coefficient (Wildman–Crippen LogP) is 2.13. The van der Waals surface area contributed by atoms with Crippen LogP contribution < -0.4 is 0 Å². The Hall–Kier alpha value is -1.88. The van der Waals surface area contributed by atoms with E-state index in [1.165, 1.54) is 0 Å². The van der Waals surface area contributed by atoms with Gasteiger partial charge < -0.3 is 14.5 Å². The van der Waals surface area contributed by atoms with Crippen molar-refractivity contribution >= 4 is 16.9 Å². The van der Waals surface area contributed by atoms with Crippen LogP contribution in [0.1, 0.15) is 31.9 Å². The van der Waals surface area contributed by atoms with Crippen LogP contribution in [-0.4, -0.2) is 39.8 Å². The van der Waals surface area contributed by atoms with E-state index >= 15 is 0 Å². The van der Waals surface area contributed by atoms with E-state index in [0.29, 0.717) is 30.8 Å². The first kappa shape index (κ1) is 14.1. The molecule has 1 N–H and O–H groups in total. The zero-order valence-corrected chi connectivity index (χ0v) is 12.2. The first-order valence-electron chi connectivity index (χ1n) is 7.39. The zero-order valence-electron chi connectivity index (χ0n) is 12.2. The van der Waals surface area contributed by atoms with Gasteiger partial charge in [0.15, 0.2) is 5.58 Å². The fraction of sp³-hybridized carbons (Fsp3) is 0.500. The van der Waals surface area contributed by atoms with E-state index in [9.17, 15) is 9.90 Å². The number of likely N-dealkylation sites (tertiary alicyclic amines) is 1. The number of hydrogen-bond acceptors (Lipinski definition) is 4. The molecular weight excluding hydrogens is 268 g/mol. The van der Waals surface area contributed by atoms with E-state index in [1.807, 2.05) is 36.1 Å². The predicted molar refractivity (Wildman–Crippen MR) is 78.8 cm³/mol. The van der Waals surface area contributed by atoms with Crippen LogP contribution in [0.25, 0.3) is 11.0 Å². The second-order valence-electron chi connectivity index (χ2n) is 6.03. The van der Waals surface area contributed by atoms with Crippen molar-refractivity contribution in [1.82, 2.24) is 10.1 Å². The minimum atomic E-state index is -0.657. The van der Waals surface area contributed by atoms with Crippen molar-refractivity contribution in [3.8, 4) is 0 Å². The number of nitrogens with zero attached hydrogens (tertiary/aromatic N) is 2. The molecule has 5 nitrogen and oxygen atoms in total. The smallest absolute Gasteiger partial charge is 0.228 e. The van der Waals surface area contributed by atoms with Crippen LogP contribution in [0.3, 0.4) is 0 Å². The Kier molecular flexibility index (Phi) is 3.68. The van der Waals surface area contributed by atoms with Gasteiger partial charge in [-0.25, -0.2) is 0 Å². The molecule has 0 bridgehead atoms. The zero-order chi connectivity index (χ0) is 14.9. The van der Waals surface area contributed by atoms with Gasteiger partial charge in [0.2, 0.25) is 5.91 Å². The molecule has 5 heteroatoms. The van der Waals surface area contributed by atoms with E-state index in [2.05, 4.69) is 5.16 Å². The third-order valence-corrected chi connectivity index (χ3v) is 4.19. The van der Waals surface area contributed by atoms with Gasteiger partial charge in [-0.1, -0.05) is 17.3 Å². The standard InChI is InChI=1S/C16H20N2O3/c1-16(20)7-4-9-18(10-8-16)15(19)11-13-12-5-2-3-6-14(12)21-17-13/h2-3,5-6,20H,4,7-11H2,1H3. The summed E-state index contributed by atoms with van der Waals surface area (Å²) in [5.41, 5.74) is 0.737. The average Bonchev–Trinajstić information content (AvgIpc) is 2.76. The van der Waals surface area contributed by atoms with Gasteiger partial charge in [-0.3, -0.25) is 4.79 Å². The van der Waals surface area contributed by atoms with Crippen LogP contribution in [0.15, 0.2) is 28.8 Å². The lowest BCUT2D eigenvalue weighted by Crippen LogP contribution is -2.34. The van der Waals surface area contributed by atoms with Gasteiger partial charge in [0.1, 0.15) is 5.69 Å². The molecule has 1 aromatic heterocycles. The number of fused-ring (bicyclic) bond motifs is 1. The number of benzene rings is 1. The summed E-state index contributed by atoms with van der Waals surface area (Å²) in [5, 5.41) is 15.0. The third-order valence-electron chi connectivity index (χ3n) is 4.19. The van der Waals surface area contributed by atoms with E-state index < -0.39 is 5.60 Å². The lowest BCUT2D eigenvalue weighted by molar-refractivity contribution is -0.130. The van der Waals surface area contributed by atoms with E-state index in [4.69, 9.17) is 4.52 Å². The minimum Gasteiger partial charge on any atom is -0.390 e. The summed E-state index contributed by atoms with van der Waals surface area (Å²) in [5.74, 6) is 0.0479. The number of carbonyl (C=O) groups excluding carboxylic acids is 1. The van der Waals surface area contributed by atoms with Crippen molar-refractivity contribution in [3.63, 3.8) is 0 Å². The van der Waals surface area contributed by atoms with Crippen LogP contribution in [0.4, 0.5) is 0 Å². The summed E-state index contributed by atoms with van der Waals surface area (Å²) in [6.45, 7) is 3.14. The molecule has 1 fully saturated rings. The molecule has 112 valence electrons. The molecule has 2 aromatic rings. The maximum atomic E-state index is 12.4. The Morgan fingerprint density at radius 2 is 2.19 bits per heavy atom. The first-order chi connectivity index (χ1) is 10.1. The summed E-state index contributed by atoms with van der Waals surface area (Å²) >= 11 is 0. The van der Waals surface area contributed by atoms with Gasteiger partial charge in [0.05, 0.1) is 12.0 Å². The van der Waals surface area contributed by atoms with Crippen molar-refractivity contribution in [2.24, 2.45) is 0 Å². The summed E-state index contributed by atoms with van der Waals surface area (Å²) in [6.07, 6.45) is 2.44. The Bertz CT molecular complexity index is 648. The molecule has 1 aromatic carbocycles. The average molecular weight is 288 g/mol. The topological polar surface area (TPSA) is 66.6 Å². The number of aromatic nitrogens is 1. The quantitative estimate of drug-likeness (QED) is 0.919. The number of aliphatic hydroxyl groups is 1. The summed E-state index contributed by atoms with van der Waals surface area (Å²) in [4.78, 5) is 14.3. The Labute approximate surface area is 123 Å². The molecule has 1 atom stereocenters. The molecule has 3 rings (SSSR count). The molecule has 1 unspecified atom stereocenters. The van der Waals surface area contributed by atoms with Crippen LogP contribution in [0.5, 0.6) is 0 Å². The molecule has 1 aliphatic rings. The van der Waals surface area contributed by atoms with Gasteiger partial charge >= 0.3 is 0 Å². The van der Waals surface area contributed by atoms with Crippen molar-refractivity contribution in [1.29, 1.82) is 0 Å². The SMILES string of the molecule is CC1(O)CCCN(C(=O)Cc2noc3ccccc23)CC1. The molecule has 1 aliphatic heterocycles. The molecule has 1 saturated heterocycles. The highest BCUT2D eigenvalue weighted by Gasteiger charge is 2.27. The second kappa shape index (κ2) is 5.48. The van der Waals surface area contributed by atoms with E-state index in [-0.39, 0.29) is 12.3 Å². The Morgan fingerprint density at radius 3 is 3.05 bits per heavy atom. The number of para-hydroxylation sites is 1. The van der Waals surface area contributed by atoms with E-state index in [1.54, 1.807) is 0 Å². The van der Waals surface area contributed by atoms with Crippen LogP contribution in [-0.2, 0) is 11.2 Å². The Balaban J connectivity index is 1.71. The van der Waals surface area contributed by atoms with E-state index in [0.717, 1.165) is 18.2 Å². The maximum Gasteiger partial charge on any atom is 0.228 e. The number of amides is 1. The minimum absolute atomic E-state index is 0.0479. The van der Waals surface area contributed by atoms with Crippen molar-refractivity contribution < 1.29 is 14.4 Å². The van der Waals surface area contributed by atoms with Gasteiger partial charge in [-0.15, -0.1) is 0 Å². The molecule has 0 spiro atoms. The number of hydrogen-bond donors (Lipinski definition) is 1. The third kappa shape index (κ3) is 3.08. The van der Waals surface area contributed by atoms with Crippen molar-refractivity contribution in [2.75, 3.05) is 13.1 Å². The van der Waals surface area contributed by atoms with Crippen molar-refractivity contribution in [3.05, 3.63) is 30.0 Å². The van der Waals surface area contributed by atoms with Gasteiger partial charge in [-0.2, -0.15) is 0 Å². The highest BCUT2D eigenvalue weighted by atomic mass is 16.5. The second-order valence-corrected chi connectivity index (χ2v) is 6.03. The molecule has 21 heavy (non-hydrogen) atoms. The first-order valence-corrected chi connectivity index (χ1v) is 7.39. The van der Waals surface area contributed by atoms with Gasteiger partial charge in [0.25, 0.3) is 0 Å². The molecule has 2 heterocycles. The summed E-state index contributed by atoms with van der Waals surface area (Å²) < 4.78 is 5.23. The van der Waals surface area contributed by atoms with Gasteiger partial charge in [-0.05, 0) is 38.3 Å². The molecule has 0 saturated carbocycles. The van der Waals surface area contributed by atoms with Crippen LogP contribution in [0, 0.1) is 0 Å². The molecule has 0 aliphatic carbocycles. The lowest BCUT2D eigenvalue weighted by Gasteiger charge is -2.22. The number of carbonyl (C=O) groups is 1. The highest BCUT2D eigenvalue weighted by Crippen LogP contribution is 2.23. The fourth-order valence-electron chi connectivity index (χ4n) is 2.83. The molecule has 1 amide bonds. The summed E-state index contributed by atoms with van der Waals surface area (Å²) in [6, 6.07) is 7.56. The highest BCUT2D eigenvalue weighted by molar-refractivity contribution is 5.86. The largest absolute Gasteiger partial charge is 0.390 e. The van der Waals surface area contributed by atoms with Crippen molar-refractivity contribution in [2.45, 2.75) is 38.2 Å². The van der Waals surface area contributed by atoms with Crippen LogP contribution in [0.2, 0.25) is 0 Å². The van der Waals surface area contributed by atoms with Gasteiger partial charge in [0, 0.05) is 18.5 Å². The molecular formula is C16H20N2O3. The summed E-state index contributed by atoms with van der Waals surface area (Å²) in [7, 11) is 0. The monoisotopic (exact) mass is 288 g/mol.